The van der Waals surface area contributed by atoms with Crippen molar-refractivity contribution in [1.29, 1.82) is 0 Å². The van der Waals surface area contributed by atoms with Crippen molar-refractivity contribution >= 4 is 11.9 Å². The average molecular weight is 330 g/mol. The summed E-state index contributed by atoms with van der Waals surface area (Å²) in [6.45, 7) is -0.782. The van der Waals surface area contributed by atoms with Gasteiger partial charge in [0.2, 0.25) is 11.6 Å². The van der Waals surface area contributed by atoms with Gasteiger partial charge >= 0.3 is 11.9 Å². The van der Waals surface area contributed by atoms with Gasteiger partial charge in [-0.15, -0.1) is 20.4 Å². The van der Waals surface area contributed by atoms with E-state index in [0.29, 0.717) is 11.1 Å². The van der Waals surface area contributed by atoms with Gasteiger partial charge in [-0.2, -0.15) is 9.59 Å². The number of nitrogens with zero attached hydrogens (tertiary/aromatic N) is 8. The maximum atomic E-state index is 10.6. The van der Waals surface area contributed by atoms with Gasteiger partial charge in [0, 0.05) is 11.1 Å². The topological polar surface area (TPSA) is 162 Å². The van der Waals surface area contributed by atoms with Crippen LogP contribution in [-0.2, 0) is 22.7 Å². The number of hydrogen-bond acceptors (Lipinski definition) is 8. The summed E-state index contributed by atoms with van der Waals surface area (Å²) >= 11 is 0. The Kier molecular flexibility index (Phi) is 3.93. The van der Waals surface area contributed by atoms with E-state index in [4.69, 9.17) is 10.2 Å². The molecule has 0 radical (unpaired) electrons. The third-order valence-electron chi connectivity index (χ3n) is 2.84. The molecule has 2 heterocycles. The van der Waals surface area contributed by atoms with Crippen molar-refractivity contribution in [2.45, 2.75) is 13.1 Å². The number of benzene rings is 1. The standard InChI is InChI=1S/C12H10N8O4/c21-9(22)5-19-15-11(13-17-19)7-2-1-3-8(4-7)12-14-18-20(16-12)6-10(23)24/h1-4H,5-6H2,(H,21,22)(H,23,24). The smallest absolute Gasteiger partial charge is 0.327 e. The van der Waals surface area contributed by atoms with E-state index in [-0.39, 0.29) is 11.6 Å². The monoisotopic (exact) mass is 330 g/mol. The molecule has 0 unspecified atom stereocenters. The molecule has 0 atom stereocenters. The van der Waals surface area contributed by atoms with Crippen LogP contribution in [0.1, 0.15) is 0 Å². The lowest BCUT2D eigenvalue weighted by molar-refractivity contribution is -0.139. The number of aliphatic carboxylic acids is 2. The summed E-state index contributed by atoms with van der Waals surface area (Å²) in [4.78, 5) is 23.2. The third kappa shape index (κ3) is 3.37. The second-order valence-electron chi connectivity index (χ2n) is 4.66. The zero-order valence-corrected chi connectivity index (χ0v) is 12.0. The van der Waals surface area contributed by atoms with E-state index in [1.807, 2.05) is 0 Å². The van der Waals surface area contributed by atoms with Gasteiger partial charge in [-0.05, 0) is 16.5 Å². The van der Waals surface area contributed by atoms with E-state index in [1.165, 1.54) is 0 Å². The molecule has 1 aromatic carbocycles. The first-order valence-electron chi connectivity index (χ1n) is 6.61. The Bertz CT molecular complexity index is 832. The number of hydrogen-bond donors (Lipinski definition) is 2. The molecule has 0 aliphatic rings. The molecule has 0 bridgehead atoms. The molecule has 2 N–H and O–H groups in total. The Morgan fingerprint density at radius 1 is 0.875 bits per heavy atom. The van der Waals surface area contributed by atoms with Gasteiger partial charge in [-0.1, -0.05) is 18.2 Å². The minimum atomic E-state index is -1.08. The Morgan fingerprint density at radius 2 is 1.33 bits per heavy atom. The highest BCUT2D eigenvalue weighted by atomic mass is 16.4. The summed E-state index contributed by atoms with van der Waals surface area (Å²) in [5, 5.41) is 40.3. The quantitative estimate of drug-likeness (QED) is 0.582. The molecule has 0 amide bonds. The van der Waals surface area contributed by atoms with Crippen LogP contribution in [0.25, 0.3) is 22.8 Å². The molecule has 12 nitrogen and oxygen atoms in total. The molecular formula is C12H10N8O4. The first-order valence-corrected chi connectivity index (χ1v) is 6.61. The van der Waals surface area contributed by atoms with Crippen LogP contribution in [0.15, 0.2) is 24.3 Å². The van der Waals surface area contributed by atoms with Crippen molar-refractivity contribution in [3.05, 3.63) is 24.3 Å². The van der Waals surface area contributed by atoms with Gasteiger partial charge in [0.15, 0.2) is 13.1 Å². The van der Waals surface area contributed by atoms with Crippen molar-refractivity contribution in [3.8, 4) is 22.8 Å². The summed E-state index contributed by atoms with van der Waals surface area (Å²) < 4.78 is 0. The van der Waals surface area contributed by atoms with E-state index in [1.54, 1.807) is 24.3 Å². The molecule has 0 aliphatic heterocycles. The number of aromatic nitrogens is 8. The minimum Gasteiger partial charge on any atom is -0.480 e. The molecule has 24 heavy (non-hydrogen) atoms. The van der Waals surface area contributed by atoms with Crippen LogP contribution in [0.3, 0.4) is 0 Å². The zero-order chi connectivity index (χ0) is 17.1. The minimum absolute atomic E-state index is 0.246. The first-order chi connectivity index (χ1) is 11.5. The van der Waals surface area contributed by atoms with Gasteiger partial charge in [-0.3, -0.25) is 9.59 Å². The fraction of sp³-hybridized carbons (Fsp3) is 0.167. The van der Waals surface area contributed by atoms with Crippen molar-refractivity contribution < 1.29 is 19.8 Å². The highest BCUT2D eigenvalue weighted by Gasteiger charge is 2.12. The Labute approximate surface area is 133 Å². The van der Waals surface area contributed by atoms with E-state index in [2.05, 4.69) is 30.8 Å². The van der Waals surface area contributed by atoms with Gasteiger partial charge in [0.1, 0.15) is 0 Å². The summed E-state index contributed by atoms with van der Waals surface area (Å²) in [5.74, 6) is -1.66. The van der Waals surface area contributed by atoms with Crippen LogP contribution < -0.4 is 0 Å². The predicted octanol–water partition coefficient (Wildman–Crippen LogP) is -0.837. The largest absolute Gasteiger partial charge is 0.480 e. The van der Waals surface area contributed by atoms with E-state index < -0.39 is 25.0 Å². The van der Waals surface area contributed by atoms with Gasteiger partial charge in [0.25, 0.3) is 0 Å². The Morgan fingerprint density at radius 3 is 1.75 bits per heavy atom. The Hall–Kier alpha value is -3.70. The van der Waals surface area contributed by atoms with Crippen molar-refractivity contribution in [3.63, 3.8) is 0 Å². The van der Waals surface area contributed by atoms with Crippen LogP contribution in [0.4, 0.5) is 0 Å². The van der Waals surface area contributed by atoms with Crippen LogP contribution in [0.2, 0.25) is 0 Å². The number of carboxylic acid groups (broad SMARTS) is 2. The maximum Gasteiger partial charge on any atom is 0.327 e. The number of tetrazole rings is 2. The lowest BCUT2D eigenvalue weighted by Crippen LogP contribution is -2.11. The lowest BCUT2D eigenvalue weighted by atomic mass is 10.1. The van der Waals surface area contributed by atoms with Crippen LogP contribution in [-0.4, -0.2) is 62.6 Å². The van der Waals surface area contributed by atoms with E-state index in [0.717, 1.165) is 9.59 Å². The SMILES string of the molecule is O=C(O)Cn1nnc(-c2cccc(-c3nnn(CC(=O)O)n3)c2)n1. The highest BCUT2D eigenvalue weighted by molar-refractivity contribution is 5.67. The van der Waals surface area contributed by atoms with Gasteiger partial charge < -0.3 is 10.2 Å². The molecule has 2 aromatic heterocycles. The molecule has 3 rings (SSSR count). The number of carbonyl (C=O) groups is 2. The molecule has 0 saturated heterocycles. The predicted molar refractivity (Wildman–Crippen MR) is 75.3 cm³/mol. The zero-order valence-electron chi connectivity index (χ0n) is 12.0. The molecule has 0 aliphatic carbocycles. The normalized spacial score (nSPS) is 10.7. The molecular weight excluding hydrogens is 320 g/mol. The summed E-state index contributed by atoms with van der Waals surface area (Å²) in [7, 11) is 0. The van der Waals surface area contributed by atoms with Gasteiger partial charge in [-0.25, -0.2) is 0 Å². The van der Waals surface area contributed by atoms with Crippen LogP contribution in [0.5, 0.6) is 0 Å². The highest BCUT2D eigenvalue weighted by Crippen LogP contribution is 2.21. The maximum absolute atomic E-state index is 10.6. The molecule has 0 spiro atoms. The summed E-state index contributed by atoms with van der Waals surface area (Å²) in [5.41, 5.74) is 1.16. The fourth-order valence-corrected chi connectivity index (χ4v) is 1.89. The van der Waals surface area contributed by atoms with Gasteiger partial charge in [0.05, 0.1) is 0 Å². The second kappa shape index (κ2) is 6.20. The van der Waals surface area contributed by atoms with Crippen molar-refractivity contribution in [2.75, 3.05) is 0 Å². The number of carboxylic acids is 2. The fourth-order valence-electron chi connectivity index (χ4n) is 1.89. The Balaban J connectivity index is 1.86. The van der Waals surface area contributed by atoms with E-state index in [9.17, 15) is 9.59 Å². The lowest BCUT2D eigenvalue weighted by Gasteiger charge is -1.98. The van der Waals surface area contributed by atoms with E-state index >= 15 is 0 Å². The van der Waals surface area contributed by atoms with Crippen molar-refractivity contribution in [1.82, 2.24) is 40.4 Å². The molecule has 3 aromatic rings. The number of rotatable bonds is 6. The van der Waals surface area contributed by atoms with Crippen LogP contribution >= 0.6 is 0 Å². The summed E-state index contributed by atoms with van der Waals surface area (Å²) in [6.07, 6.45) is 0. The molecule has 0 fully saturated rings. The second-order valence-corrected chi connectivity index (χ2v) is 4.66. The third-order valence-corrected chi connectivity index (χ3v) is 2.84. The molecule has 0 saturated carbocycles. The average Bonchev–Trinajstić information content (AvgIpc) is 3.16. The molecule has 12 heteroatoms. The molecule has 122 valence electrons. The first kappa shape index (κ1) is 15.2. The van der Waals surface area contributed by atoms with Crippen molar-refractivity contribution in [2.24, 2.45) is 0 Å². The van der Waals surface area contributed by atoms with Crippen LogP contribution in [0, 0.1) is 0 Å². The summed E-state index contributed by atoms with van der Waals surface area (Å²) in [6, 6.07) is 6.81.